The first-order valence-electron chi connectivity index (χ1n) is 8.72. The Morgan fingerprint density at radius 3 is 2.20 bits per heavy atom. The van der Waals surface area contributed by atoms with Gasteiger partial charge in [0.15, 0.2) is 0 Å². The van der Waals surface area contributed by atoms with E-state index in [1.54, 1.807) is 0 Å². The molecule has 3 saturated carbocycles. The van der Waals surface area contributed by atoms with E-state index in [1.807, 2.05) is 0 Å². The average molecular weight is 278 g/mol. The van der Waals surface area contributed by atoms with Crippen LogP contribution in [0, 0.1) is 17.8 Å². The minimum Gasteiger partial charge on any atom is -0.343 e. The lowest BCUT2D eigenvalue weighted by Gasteiger charge is -2.35. The smallest absolute Gasteiger partial charge is 0.226 e. The number of carbonyl (C=O) groups excluding carboxylic acids is 1. The van der Waals surface area contributed by atoms with Gasteiger partial charge in [-0.1, -0.05) is 19.8 Å². The lowest BCUT2D eigenvalue weighted by molar-refractivity contribution is -0.134. The van der Waals surface area contributed by atoms with E-state index in [2.05, 4.69) is 24.2 Å². The fraction of sp³-hybridized carbons (Fsp3) is 0.941. The largest absolute Gasteiger partial charge is 0.343 e. The van der Waals surface area contributed by atoms with E-state index in [0.717, 1.165) is 18.4 Å². The molecule has 0 bridgehead atoms. The Bertz CT molecular complexity index is 337. The van der Waals surface area contributed by atoms with Gasteiger partial charge >= 0.3 is 0 Å². The first-order valence-corrected chi connectivity index (χ1v) is 8.72. The molecule has 1 N–H and O–H groups in total. The van der Waals surface area contributed by atoms with Crippen LogP contribution in [0.4, 0.5) is 0 Å². The van der Waals surface area contributed by atoms with Gasteiger partial charge in [0.2, 0.25) is 5.91 Å². The fourth-order valence-corrected chi connectivity index (χ4v) is 4.73. The number of hydrogen-bond acceptors (Lipinski definition) is 2. The number of nitrogens with one attached hydrogen (secondary N) is 1. The number of carbonyl (C=O) groups is 1. The molecule has 0 saturated heterocycles. The van der Waals surface area contributed by atoms with Crippen LogP contribution in [0.15, 0.2) is 0 Å². The van der Waals surface area contributed by atoms with Crippen LogP contribution in [-0.2, 0) is 4.79 Å². The minimum absolute atomic E-state index is 0.397. The highest BCUT2D eigenvalue weighted by molar-refractivity contribution is 5.82. The Balaban J connectivity index is 1.49. The summed E-state index contributed by atoms with van der Waals surface area (Å²) in [5.74, 6) is 2.36. The minimum atomic E-state index is 0.397. The second-order valence-electron chi connectivity index (χ2n) is 7.15. The van der Waals surface area contributed by atoms with Crippen molar-refractivity contribution in [3.63, 3.8) is 0 Å². The average Bonchev–Trinajstić information content (AvgIpc) is 3.21. The molecule has 1 amide bonds. The molecule has 0 aromatic carbocycles. The van der Waals surface area contributed by atoms with Crippen molar-refractivity contribution in [2.24, 2.45) is 17.8 Å². The van der Waals surface area contributed by atoms with Crippen LogP contribution in [-0.4, -0.2) is 36.5 Å². The second kappa shape index (κ2) is 6.05. The Kier molecular flexibility index (Phi) is 4.34. The maximum absolute atomic E-state index is 12.7. The maximum Gasteiger partial charge on any atom is 0.226 e. The molecule has 3 nitrogen and oxygen atoms in total. The molecular weight excluding hydrogens is 248 g/mol. The van der Waals surface area contributed by atoms with E-state index in [9.17, 15) is 4.79 Å². The normalized spacial score (nSPS) is 40.0. The zero-order chi connectivity index (χ0) is 14.1. The third-order valence-corrected chi connectivity index (χ3v) is 6.03. The van der Waals surface area contributed by atoms with Crippen molar-refractivity contribution < 1.29 is 4.79 Å². The van der Waals surface area contributed by atoms with E-state index in [-0.39, 0.29) is 0 Å². The van der Waals surface area contributed by atoms with Gasteiger partial charge in [0.25, 0.3) is 0 Å². The van der Waals surface area contributed by atoms with Crippen LogP contribution >= 0.6 is 0 Å². The Labute approximate surface area is 123 Å². The Morgan fingerprint density at radius 1 is 1.05 bits per heavy atom. The van der Waals surface area contributed by atoms with Crippen molar-refractivity contribution in [2.45, 2.75) is 70.4 Å². The lowest BCUT2D eigenvalue weighted by Crippen LogP contribution is -2.44. The monoisotopic (exact) mass is 278 g/mol. The van der Waals surface area contributed by atoms with E-state index < -0.39 is 0 Å². The summed E-state index contributed by atoms with van der Waals surface area (Å²) in [7, 11) is 2.06. The fourth-order valence-electron chi connectivity index (χ4n) is 4.73. The molecule has 2 unspecified atom stereocenters. The highest BCUT2D eigenvalue weighted by atomic mass is 16.2. The molecule has 0 aromatic heterocycles. The number of nitrogens with zero attached hydrogens (tertiary/aromatic N) is 1. The summed E-state index contributed by atoms with van der Waals surface area (Å²) in [6, 6.07) is 1.18. The molecule has 2 atom stereocenters. The molecule has 3 aliphatic carbocycles. The number of rotatable bonds is 4. The summed E-state index contributed by atoms with van der Waals surface area (Å²) in [4.78, 5) is 14.8. The molecule has 3 aliphatic rings. The van der Waals surface area contributed by atoms with Gasteiger partial charge in [-0.3, -0.25) is 4.79 Å². The highest BCUT2D eigenvalue weighted by Gasteiger charge is 2.55. The number of fused-ring (bicyclic) bond motifs is 1. The molecule has 3 rings (SSSR count). The van der Waals surface area contributed by atoms with Gasteiger partial charge in [-0.25, -0.2) is 0 Å². The van der Waals surface area contributed by atoms with Crippen molar-refractivity contribution >= 4 is 5.91 Å². The van der Waals surface area contributed by atoms with E-state index in [1.165, 1.54) is 51.4 Å². The highest BCUT2D eigenvalue weighted by Crippen LogP contribution is 2.56. The van der Waals surface area contributed by atoms with Gasteiger partial charge in [-0.05, 0) is 56.9 Å². The molecule has 20 heavy (non-hydrogen) atoms. The quantitative estimate of drug-likeness (QED) is 0.857. The molecule has 0 aliphatic heterocycles. The van der Waals surface area contributed by atoms with E-state index in [4.69, 9.17) is 0 Å². The second-order valence-corrected chi connectivity index (χ2v) is 7.15. The van der Waals surface area contributed by atoms with Gasteiger partial charge in [-0.15, -0.1) is 0 Å². The first kappa shape index (κ1) is 14.4. The van der Waals surface area contributed by atoms with Gasteiger partial charge < -0.3 is 10.2 Å². The van der Waals surface area contributed by atoms with Crippen LogP contribution in [0.25, 0.3) is 0 Å². The molecule has 0 aromatic rings. The van der Waals surface area contributed by atoms with E-state index >= 15 is 0 Å². The van der Waals surface area contributed by atoms with Crippen molar-refractivity contribution in [2.75, 3.05) is 13.6 Å². The van der Waals surface area contributed by atoms with Gasteiger partial charge in [0.05, 0.1) is 0 Å². The zero-order valence-electron chi connectivity index (χ0n) is 13.1. The van der Waals surface area contributed by atoms with Crippen molar-refractivity contribution in [3.8, 4) is 0 Å². The van der Waals surface area contributed by atoms with Gasteiger partial charge in [0.1, 0.15) is 0 Å². The predicted octanol–water partition coefficient (Wildman–Crippen LogP) is 2.80. The number of amides is 1. The third kappa shape index (κ3) is 2.74. The summed E-state index contributed by atoms with van der Waals surface area (Å²) in [5.41, 5.74) is 0. The third-order valence-electron chi connectivity index (χ3n) is 6.03. The zero-order valence-corrected chi connectivity index (χ0v) is 13.1. The van der Waals surface area contributed by atoms with Crippen LogP contribution in [0.5, 0.6) is 0 Å². The SMILES string of the molecule is CCNC1CCC(N(C)C(=O)C2C3CCCCC32)CC1. The summed E-state index contributed by atoms with van der Waals surface area (Å²) in [5, 5.41) is 3.55. The van der Waals surface area contributed by atoms with Crippen molar-refractivity contribution in [1.29, 1.82) is 0 Å². The predicted molar refractivity (Wildman–Crippen MR) is 81.4 cm³/mol. The standard InChI is InChI=1S/C17H30N2O/c1-3-18-12-8-10-13(11-9-12)19(2)17(20)16-14-6-4-5-7-15(14)16/h12-16,18H,3-11H2,1-2H3. The summed E-state index contributed by atoms with van der Waals surface area (Å²) < 4.78 is 0. The summed E-state index contributed by atoms with van der Waals surface area (Å²) >= 11 is 0. The molecule has 0 heterocycles. The van der Waals surface area contributed by atoms with Crippen LogP contribution in [0.1, 0.15) is 58.3 Å². The molecule has 0 radical (unpaired) electrons. The number of hydrogen-bond donors (Lipinski definition) is 1. The van der Waals surface area contributed by atoms with Crippen LogP contribution in [0.2, 0.25) is 0 Å². The molecular formula is C17H30N2O. The van der Waals surface area contributed by atoms with Gasteiger partial charge in [-0.2, -0.15) is 0 Å². The Morgan fingerprint density at radius 2 is 1.65 bits per heavy atom. The van der Waals surface area contributed by atoms with E-state index in [0.29, 0.717) is 23.9 Å². The summed E-state index contributed by atoms with van der Waals surface area (Å²) in [6.45, 7) is 3.24. The topological polar surface area (TPSA) is 32.3 Å². The van der Waals surface area contributed by atoms with Crippen molar-refractivity contribution in [3.05, 3.63) is 0 Å². The first-order chi connectivity index (χ1) is 9.72. The maximum atomic E-state index is 12.7. The molecule has 3 heteroatoms. The summed E-state index contributed by atoms with van der Waals surface area (Å²) in [6.07, 6.45) is 10.1. The molecule has 3 fully saturated rings. The lowest BCUT2D eigenvalue weighted by atomic mass is 9.90. The molecule has 114 valence electrons. The van der Waals surface area contributed by atoms with Crippen molar-refractivity contribution in [1.82, 2.24) is 10.2 Å². The molecule has 0 spiro atoms. The van der Waals surface area contributed by atoms with Gasteiger partial charge in [0, 0.05) is 25.0 Å². The van der Waals surface area contributed by atoms with Crippen LogP contribution in [0.3, 0.4) is 0 Å². The van der Waals surface area contributed by atoms with Crippen LogP contribution < -0.4 is 5.32 Å². The Hall–Kier alpha value is -0.570.